The van der Waals surface area contributed by atoms with Gasteiger partial charge in [-0.3, -0.25) is 0 Å². The Balaban J connectivity index is 2.01. The van der Waals surface area contributed by atoms with E-state index in [1.807, 2.05) is 0 Å². The summed E-state index contributed by atoms with van der Waals surface area (Å²) in [7, 11) is 0. The van der Waals surface area contributed by atoms with E-state index in [9.17, 15) is 0 Å². The third kappa shape index (κ3) is 4.07. The Morgan fingerprint density at radius 2 is 2.00 bits per heavy atom. The molecule has 0 saturated heterocycles. The van der Waals surface area contributed by atoms with Crippen LogP contribution in [0.4, 0.5) is 0 Å². The van der Waals surface area contributed by atoms with Gasteiger partial charge in [-0.05, 0) is 49.9 Å². The van der Waals surface area contributed by atoms with Crippen molar-refractivity contribution in [1.29, 1.82) is 0 Å². The van der Waals surface area contributed by atoms with Crippen molar-refractivity contribution in [1.82, 2.24) is 10.2 Å². The lowest BCUT2D eigenvalue weighted by Crippen LogP contribution is -2.39. The normalized spacial score (nSPS) is 17.2. The van der Waals surface area contributed by atoms with Gasteiger partial charge >= 0.3 is 0 Å². The molecular formula is C18H30N2. The lowest BCUT2D eigenvalue weighted by atomic mass is 9.85. The van der Waals surface area contributed by atoms with Crippen molar-refractivity contribution < 1.29 is 0 Å². The molecule has 0 radical (unpaired) electrons. The molecule has 0 bridgehead atoms. The molecule has 1 unspecified atom stereocenters. The molecule has 1 N–H and O–H groups in total. The number of benzene rings is 1. The summed E-state index contributed by atoms with van der Waals surface area (Å²) < 4.78 is 0. The van der Waals surface area contributed by atoms with E-state index in [4.69, 9.17) is 0 Å². The van der Waals surface area contributed by atoms with Gasteiger partial charge in [-0.15, -0.1) is 0 Å². The molecule has 1 saturated carbocycles. The minimum atomic E-state index is 0.459. The summed E-state index contributed by atoms with van der Waals surface area (Å²) in [5.41, 5.74) is 2.86. The highest BCUT2D eigenvalue weighted by molar-refractivity contribution is 5.29. The molecule has 112 valence electrons. The molecular weight excluding hydrogens is 244 g/mol. The largest absolute Gasteiger partial charge is 0.309 e. The Labute approximate surface area is 124 Å². The number of nitrogens with one attached hydrogen (secondary N) is 1. The first-order chi connectivity index (χ1) is 9.74. The van der Waals surface area contributed by atoms with Crippen LogP contribution in [0.3, 0.4) is 0 Å². The van der Waals surface area contributed by atoms with E-state index in [1.165, 1.54) is 36.9 Å². The van der Waals surface area contributed by atoms with Gasteiger partial charge in [0.25, 0.3) is 0 Å². The van der Waals surface area contributed by atoms with Gasteiger partial charge in [0.15, 0.2) is 0 Å². The molecule has 20 heavy (non-hydrogen) atoms. The molecule has 0 spiro atoms. The van der Waals surface area contributed by atoms with E-state index in [-0.39, 0.29) is 0 Å². The fraction of sp³-hybridized carbons (Fsp3) is 0.667. The molecule has 0 aliphatic heterocycles. The lowest BCUT2D eigenvalue weighted by molar-refractivity contribution is 0.170. The average Bonchev–Trinajstić information content (AvgIpc) is 2.41. The number of hydrogen-bond donors (Lipinski definition) is 1. The van der Waals surface area contributed by atoms with E-state index < -0.39 is 0 Å². The zero-order chi connectivity index (χ0) is 14.4. The zero-order valence-corrected chi connectivity index (χ0v) is 13.4. The molecule has 1 aliphatic rings. The Bertz CT molecular complexity index is 398. The third-order valence-corrected chi connectivity index (χ3v) is 4.64. The van der Waals surface area contributed by atoms with Crippen LogP contribution in [-0.4, -0.2) is 31.1 Å². The molecule has 1 aliphatic carbocycles. The number of rotatable bonds is 8. The van der Waals surface area contributed by atoms with Crippen molar-refractivity contribution in [3.63, 3.8) is 0 Å². The second-order valence-corrected chi connectivity index (χ2v) is 6.12. The molecule has 1 fully saturated rings. The molecule has 0 heterocycles. The van der Waals surface area contributed by atoms with Crippen molar-refractivity contribution in [2.45, 2.75) is 46.1 Å². The van der Waals surface area contributed by atoms with Crippen LogP contribution in [0.2, 0.25) is 0 Å². The monoisotopic (exact) mass is 274 g/mol. The van der Waals surface area contributed by atoms with Gasteiger partial charge in [0, 0.05) is 19.1 Å². The molecule has 1 aromatic rings. The van der Waals surface area contributed by atoms with Crippen LogP contribution in [0, 0.1) is 12.8 Å². The standard InChI is InChI=1S/C18H30N2/c1-4-19-18(17-12-7-6-9-15(17)3)14-20(5-2)13-16-10-8-11-16/h6-7,9,12,16,18-19H,4-5,8,10-11,13-14H2,1-3H3. The predicted octanol–water partition coefficient (Wildman–Crippen LogP) is 3.77. The topological polar surface area (TPSA) is 15.3 Å². The second-order valence-electron chi connectivity index (χ2n) is 6.12. The quantitative estimate of drug-likeness (QED) is 0.776. The first-order valence-electron chi connectivity index (χ1n) is 8.25. The first-order valence-corrected chi connectivity index (χ1v) is 8.25. The van der Waals surface area contributed by atoms with Crippen LogP contribution >= 0.6 is 0 Å². The fourth-order valence-electron chi connectivity index (χ4n) is 3.13. The van der Waals surface area contributed by atoms with Gasteiger partial charge in [0.2, 0.25) is 0 Å². The highest BCUT2D eigenvalue weighted by Crippen LogP contribution is 2.28. The fourth-order valence-corrected chi connectivity index (χ4v) is 3.13. The maximum absolute atomic E-state index is 3.67. The number of aryl methyl sites for hydroxylation is 1. The molecule has 2 nitrogen and oxygen atoms in total. The number of likely N-dealkylation sites (N-methyl/N-ethyl adjacent to an activating group) is 2. The average molecular weight is 274 g/mol. The lowest BCUT2D eigenvalue weighted by Gasteiger charge is -2.34. The Morgan fingerprint density at radius 3 is 2.55 bits per heavy atom. The maximum Gasteiger partial charge on any atom is 0.0451 e. The molecule has 1 atom stereocenters. The van der Waals surface area contributed by atoms with Crippen LogP contribution in [0.1, 0.15) is 50.3 Å². The van der Waals surface area contributed by atoms with E-state index in [0.717, 1.165) is 25.6 Å². The van der Waals surface area contributed by atoms with Crippen LogP contribution in [-0.2, 0) is 0 Å². The Morgan fingerprint density at radius 1 is 1.25 bits per heavy atom. The predicted molar refractivity (Wildman–Crippen MR) is 87.1 cm³/mol. The highest BCUT2D eigenvalue weighted by atomic mass is 15.1. The summed E-state index contributed by atoms with van der Waals surface area (Å²) in [5, 5.41) is 3.67. The van der Waals surface area contributed by atoms with Gasteiger partial charge in [0.1, 0.15) is 0 Å². The second kappa shape index (κ2) is 7.80. The van der Waals surface area contributed by atoms with Gasteiger partial charge in [0.05, 0.1) is 0 Å². The molecule has 0 amide bonds. The van der Waals surface area contributed by atoms with Crippen molar-refractivity contribution in [2.75, 3.05) is 26.2 Å². The zero-order valence-electron chi connectivity index (χ0n) is 13.4. The summed E-state index contributed by atoms with van der Waals surface area (Å²) in [6.07, 6.45) is 4.32. The minimum Gasteiger partial charge on any atom is -0.309 e. The van der Waals surface area contributed by atoms with Gasteiger partial charge in [-0.2, -0.15) is 0 Å². The Kier molecular flexibility index (Phi) is 6.06. The van der Waals surface area contributed by atoms with Crippen LogP contribution in [0.25, 0.3) is 0 Å². The molecule has 2 rings (SSSR count). The van der Waals surface area contributed by atoms with E-state index in [2.05, 4.69) is 55.3 Å². The summed E-state index contributed by atoms with van der Waals surface area (Å²) >= 11 is 0. The van der Waals surface area contributed by atoms with E-state index in [0.29, 0.717) is 6.04 Å². The third-order valence-electron chi connectivity index (χ3n) is 4.64. The van der Waals surface area contributed by atoms with E-state index in [1.54, 1.807) is 0 Å². The Hall–Kier alpha value is -0.860. The van der Waals surface area contributed by atoms with Crippen molar-refractivity contribution in [3.8, 4) is 0 Å². The van der Waals surface area contributed by atoms with Crippen molar-refractivity contribution in [3.05, 3.63) is 35.4 Å². The smallest absolute Gasteiger partial charge is 0.0451 e. The van der Waals surface area contributed by atoms with Gasteiger partial charge < -0.3 is 10.2 Å². The molecule has 0 aromatic heterocycles. The summed E-state index contributed by atoms with van der Waals surface area (Å²) in [6.45, 7) is 11.3. The van der Waals surface area contributed by atoms with Crippen LogP contribution < -0.4 is 5.32 Å². The summed E-state index contributed by atoms with van der Waals surface area (Å²) in [5.74, 6) is 0.953. The van der Waals surface area contributed by atoms with E-state index >= 15 is 0 Å². The minimum absolute atomic E-state index is 0.459. The van der Waals surface area contributed by atoms with Crippen LogP contribution in [0.5, 0.6) is 0 Å². The van der Waals surface area contributed by atoms with Crippen molar-refractivity contribution in [2.24, 2.45) is 5.92 Å². The van der Waals surface area contributed by atoms with Crippen LogP contribution in [0.15, 0.2) is 24.3 Å². The number of hydrogen-bond acceptors (Lipinski definition) is 2. The first kappa shape index (κ1) is 15.5. The summed E-state index contributed by atoms with van der Waals surface area (Å²) in [6, 6.07) is 9.26. The SMILES string of the molecule is CCNC(CN(CC)CC1CCC1)c1ccccc1C. The summed E-state index contributed by atoms with van der Waals surface area (Å²) in [4.78, 5) is 2.63. The van der Waals surface area contributed by atoms with Gasteiger partial charge in [-0.25, -0.2) is 0 Å². The highest BCUT2D eigenvalue weighted by Gasteiger charge is 2.22. The number of nitrogens with zero attached hydrogens (tertiary/aromatic N) is 1. The van der Waals surface area contributed by atoms with Crippen molar-refractivity contribution >= 4 is 0 Å². The maximum atomic E-state index is 3.67. The molecule has 1 aromatic carbocycles. The molecule has 2 heteroatoms. The van der Waals surface area contributed by atoms with Gasteiger partial charge in [-0.1, -0.05) is 44.5 Å².